The molecule has 0 bridgehead atoms. The highest BCUT2D eigenvalue weighted by molar-refractivity contribution is 7.77. The van der Waals surface area contributed by atoms with Gasteiger partial charge in [0, 0.05) is 6.54 Å². The summed E-state index contributed by atoms with van der Waals surface area (Å²) in [6, 6.07) is 0. The largest absolute Gasteiger partial charge is 0.293 e. The van der Waals surface area contributed by atoms with Crippen LogP contribution in [0.4, 0.5) is 0 Å². The van der Waals surface area contributed by atoms with E-state index in [-0.39, 0.29) is 0 Å². The van der Waals surface area contributed by atoms with Crippen molar-refractivity contribution in [3.8, 4) is 0 Å². The Bertz CT molecular complexity index is 66.7. The zero-order chi connectivity index (χ0) is 5.70. The summed E-state index contributed by atoms with van der Waals surface area (Å²) < 4.78 is 17.7. The number of hydrogen-bond donors (Lipinski definition) is 3. The lowest BCUT2D eigenvalue weighted by Gasteiger charge is -1.94. The van der Waals surface area contributed by atoms with E-state index >= 15 is 0 Å². The summed E-state index contributed by atoms with van der Waals surface area (Å²) in [6.45, 7) is 2.45. The summed E-state index contributed by atoms with van der Waals surface area (Å²) in [5.74, 6) is 0. The Morgan fingerprint density at radius 1 is 1.86 bits per heavy atom. The lowest BCUT2D eigenvalue weighted by Crippen LogP contribution is -2.32. The van der Waals surface area contributed by atoms with Crippen molar-refractivity contribution < 1.29 is 8.76 Å². The summed E-state index contributed by atoms with van der Waals surface area (Å²) in [6.07, 6.45) is 0. The monoisotopic (exact) mass is 124 g/mol. The first kappa shape index (κ1) is 7.03. The van der Waals surface area contributed by atoms with Crippen LogP contribution in [0.5, 0.6) is 0 Å². The van der Waals surface area contributed by atoms with Crippen LogP contribution in [-0.4, -0.2) is 15.3 Å². The van der Waals surface area contributed by atoms with E-state index in [1.54, 1.807) is 0 Å². The van der Waals surface area contributed by atoms with Gasteiger partial charge in [-0.3, -0.25) is 4.55 Å². The van der Waals surface area contributed by atoms with Gasteiger partial charge in [-0.25, -0.2) is 9.63 Å². The lowest BCUT2D eigenvalue weighted by atomic mass is 10.8. The Hall–Kier alpha value is 0.0300. The van der Waals surface area contributed by atoms with E-state index in [2.05, 4.69) is 10.3 Å². The maximum absolute atomic E-state index is 9.70. The van der Waals surface area contributed by atoms with Gasteiger partial charge in [0.25, 0.3) is 0 Å². The molecular formula is C2H8N2O2S. The van der Waals surface area contributed by atoms with Crippen LogP contribution in [0.2, 0.25) is 0 Å². The highest BCUT2D eigenvalue weighted by Gasteiger charge is 1.82. The highest BCUT2D eigenvalue weighted by atomic mass is 32.2. The van der Waals surface area contributed by atoms with Gasteiger partial charge in [0.2, 0.25) is 11.3 Å². The van der Waals surface area contributed by atoms with Crippen LogP contribution in [0.25, 0.3) is 0 Å². The molecule has 5 heteroatoms. The van der Waals surface area contributed by atoms with Crippen LogP contribution in [0.1, 0.15) is 6.92 Å². The van der Waals surface area contributed by atoms with Crippen LogP contribution in [0, 0.1) is 0 Å². The van der Waals surface area contributed by atoms with E-state index < -0.39 is 11.3 Å². The summed E-state index contributed by atoms with van der Waals surface area (Å²) in [5, 5.41) is 0. The van der Waals surface area contributed by atoms with Gasteiger partial charge in [-0.1, -0.05) is 6.92 Å². The molecule has 0 saturated heterocycles. The van der Waals surface area contributed by atoms with Gasteiger partial charge in [-0.05, 0) is 0 Å². The third-order valence-electron chi connectivity index (χ3n) is 0.336. The third-order valence-corrected chi connectivity index (χ3v) is 0.655. The second-order valence-corrected chi connectivity index (χ2v) is 1.58. The predicted molar refractivity (Wildman–Crippen MR) is 27.6 cm³/mol. The molecule has 0 aromatic carbocycles. The van der Waals surface area contributed by atoms with E-state index in [1.807, 2.05) is 6.92 Å². The fraction of sp³-hybridized carbons (Fsp3) is 1.00. The first-order valence-corrected chi connectivity index (χ1v) is 2.97. The molecule has 4 nitrogen and oxygen atoms in total. The van der Waals surface area contributed by atoms with Gasteiger partial charge in [0.15, 0.2) is 0 Å². The molecular weight excluding hydrogens is 116 g/mol. The first-order chi connectivity index (χ1) is 3.27. The van der Waals surface area contributed by atoms with Crippen molar-refractivity contribution >= 4 is 11.3 Å². The van der Waals surface area contributed by atoms with Crippen molar-refractivity contribution in [3.05, 3.63) is 0 Å². The second-order valence-electron chi connectivity index (χ2n) is 0.882. The fourth-order valence-electron chi connectivity index (χ4n) is 0.134. The van der Waals surface area contributed by atoms with Crippen molar-refractivity contribution in [2.75, 3.05) is 6.54 Å². The van der Waals surface area contributed by atoms with Crippen molar-refractivity contribution in [2.24, 2.45) is 0 Å². The maximum Gasteiger partial charge on any atom is 0.245 e. The van der Waals surface area contributed by atoms with Gasteiger partial charge < -0.3 is 0 Å². The minimum Gasteiger partial charge on any atom is -0.293 e. The average molecular weight is 124 g/mol. The number of rotatable bonds is 3. The summed E-state index contributed by atoms with van der Waals surface area (Å²) in [4.78, 5) is 2.07. The zero-order valence-corrected chi connectivity index (χ0v) is 4.79. The molecule has 0 heterocycles. The summed E-state index contributed by atoms with van der Waals surface area (Å²) >= 11 is -1.93. The molecule has 7 heavy (non-hydrogen) atoms. The van der Waals surface area contributed by atoms with E-state index in [1.165, 1.54) is 0 Å². The molecule has 1 atom stereocenters. The van der Waals surface area contributed by atoms with Crippen molar-refractivity contribution in [1.29, 1.82) is 0 Å². The third kappa shape index (κ3) is 6.03. The number of hydrogen-bond acceptors (Lipinski definition) is 2. The van der Waals surface area contributed by atoms with Crippen LogP contribution >= 0.6 is 0 Å². The average Bonchev–Trinajstić information content (AvgIpc) is 1.61. The van der Waals surface area contributed by atoms with Crippen LogP contribution in [0.3, 0.4) is 0 Å². The van der Waals surface area contributed by atoms with Gasteiger partial charge in [-0.15, -0.1) is 0 Å². The minimum absolute atomic E-state index is 0.631. The van der Waals surface area contributed by atoms with Gasteiger partial charge in [0.1, 0.15) is 0 Å². The van der Waals surface area contributed by atoms with Gasteiger partial charge >= 0.3 is 0 Å². The molecule has 0 radical (unpaired) electrons. The molecule has 1 unspecified atom stereocenters. The molecule has 0 aromatic rings. The van der Waals surface area contributed by atoms with E-state index in [0.717, 1.165) is 0 Å². The Morgan fingerprint density at radius 2 is 2.43 bits per heavy atom. The normalized spacial score (nSPS) is 14.0. The predicted octanol–water partition coefficient (Wildman–Crippen LogP) is -0.763. The number of hydrazine groups is 1. The standard InChI is InChI=1S/C2H8N2O2S/c1-2-3-4-7(5)6/h3-4H,2H2,1H3,(H,5,6). The molecule has 3 N–H and O–H groups in total. The molecule has 0 fully saturated rings. The molecule has 0 amide bonds. The van der Waals surface area contributed by atoms with Crippen molar-refractivity contribution in [2.45, 2.75) is 6.92 Å². The molecule has 0 spiro atoms. The topological polar surface area (TPSA) is 61.4 Å². The molecule has 0 saturated carbocycles. The Morgan fingerprint density at radius 3 is 2.57 bits per heavy atom. The quantitative estimate of drug-likeness (QED) is 0.342. The van der Waals surface area contributed by atoms with Crippen LogP contribution in [-0.2, 0) is 11.3 Å². The number of nitrogens with one attached hydrogen (secondary N) is 2. The molecule has 0 aliphatic heterocycles. The summed E-state index contributed by atoms with van der Waals surface area (Å²) in [7, 11) is 0. The minimum atomic E-state index is -1.93. The van der Waals surface area contributed by atoms with Crippen LogP contribution < -0.4 is 10.3 Å². The Balaban J connectivity index is 2.82. The smallest absolute Gasteiger partial charge is 0.245 e. The Kier molecular flexibility index (Phi) is 4.21. The van der Waals surface area contributed by atoms with E-state index in [0.29, 0.717) is 6.54 Å². The molecule has 0 rings (SSSR count). The maximum atomic E-state index is 9.70. The molecule has 0 aliphatic rings. The molecule has 0 aromatic heterocycles. The fourth-order valence-corrected chi connectivity index (χ4v) is 0.402. The lowest BCUT2D eigenvalue weighted by molar-refractivity contribution is 0.530. The molecule has 44 valence electrons. The summed E-state index contributed by atoms with van der Waals surface area (Å²) in [5.41, 5.74) is 2.45. The van der Waals surface area contributed by atoms with Crippen molar-refractivity contribution in [3.63, 3.8) is 0 Å². The first-order valence-electron chi connectivity index (χ1n) is 1.86. The van der Waals surface area contributed by atoms with Gasteiger partial charge in [0.05, 0.1) is 0 Å². The van der Waals surface area contributed by atoms with Crippen LogP contribution in [0.15, 0.2) is 0 Å². The Labute approximate surface area is 44.7 Å². The van der Waals surface area contributed by atoms with E-state index in [9.17, 15) is 4.21 Å². The highest BCUT2D eigenvalue weighted by Crippen LogP contribution is 1.53. The SMILES string of the molecule is CCNNS(=O)O. The zero-order valence-electron chi connectivity index (χ0n) is 3.97. The second kappa shape index (κ2) is 4.20. The van der Waals surface area contributed by atoms with Crippen molar-refractivity contribution in [1.82, 2.24) is 10.3 Å². The molecule has 0 aliphatic carbocycles. The van der Waals surface area contributed by atoms with Gasteiger partial charge in [-0.2, -0.15) is 4.83 Å². The van der Waals surface area contributed by atoms with E-state index in [4.69, 9.17) is 4.55 Å².